The summed E-state index contributed by atoms with van der Waals surface area (Å²) in [4.78, 5) is 12.5. The monoisotopic (exact) mass is 153 g/mol. The number of carbonyl (C=O) groups is 1. The van der Waals surface area contributed by atoms with Crippen molar-refractivity contribution in [3.63, 3.8) is 0 Å². The molecule has 0 atom stereocenters. The topological polar surface area (TPSA) is 56.1 Å². The Morgan fingerprint density at radius 1 is 1.64 bits per heavy atom. The van der Waals surface area contributed by atoms with Crippen molar-refractivity contribution in [2.45, 2.75) is 0 Å². The number of rotatable bonds is 2. The van der Waals surface area contributed by atoms with E-state index < -0.39 is 0 Å². The maximum absolute atomic E-state index is 10.8. The van der Waals surface area contributed by atoms with Gasteiger partial charge >= 0.3 is 0 Å². The molecule has 0 unspecified atom stereocenters. The van der Waals surface area contributed by atoms with Crippen molar-refractivity contribution in [1.82, 2.24) is 10.2 Å². The van der Waals surface area contributed by atoms with Crippen LogP contribution < -0.4 is 5.32 Å². The summed E-state index contributed by atoms with van der Waals surface area (Å²) in [5.41, 5.74) is 0.109. The van der Waals surface area contributed by atoms with Gasteiger partial charge in [-0.1, -0.05) is 0 Å². The normalized spacial score (nSPS) is 10.2. The highest BCUT2D eigenvalue weighted by molar-refractivity contribution is 5.96. The van der Waals surface area contributed by atoms with Crippen LogP contribution in [-0.2, 0) is 4.79 Å². The molecule has 60 valence electrons. The summed E-state index contributed by atoms with van der Waals surface area (Å²) in [6.07, 6.45) is 1.47. The van der Waals surface area contributed by atoms with Gasteiger partial charge in [-0.2, -0.15) is 5.26 Å². The number of carbonyl (C=O) groups excluding carboxylic acids is 1. The molecule has 0 aromatic heterocycles. The summed E-state index contributed by atoms with van der Waals surface area (Å²) in [7, 11) is 4.99. The van der Waals surface area contributed by atoms with E-state index in [1.807, 2.05) is 0 Å². The summed E-state index contributed by atoms with van der Waals surface area (Å²) in [5.74, 6) is -0.360. The molecule has 4 heteroatoms. The molecule has 0 saturated heterocycles. The van der Waals surface area contributed by atoms with Crippen molar-refractivity contribution in [3.05, 3.63) is 11.8 Å². The van der Waals surface area contributed by atoms with Gasteiger partial charge in [0.2, 0.25) is 0 Å². The Hall–Kier alpha value is -1.50. The number of amides is 1. The first-order chi connectivity index (χ1) is 5.11. The second-order valence-corrected chi connectivity index (χ2v) is 2.20. The van der Waals surface area contributed by atoms with Crippen LogP contribution in [0.2, 0.25) is 0 Å². The van der Waals surface area contributed by atoms with E-state index in [0.29, 0.717) is 0 Å². The molecule has 0 aromatic rings. The zero-order valence-corrected chi connectivity index (χ0v) is 6.88. The highest BCUT2D eigenvalue weighted by Gasteiger charge is 2.04. The number of hydrogen-bond acceptors (Lipinski definition) is 3. The molecule has 0 saturated carbocycles. The van der Waals surface area contributed by atoms with Crippen LogP contribution in [0.15, 0.2) is 11.8 Å². The molecule has 0 fully saturated rings. The lowest BCUT2D eigenvalue weighted by Crippen LogP contribution is -2.20. The Balaban J connectivity index is 4.43. The van der Waals surface area contributed by atoms with E-state index in [9.17, 15) is 4.79 Å². The first kappa shape index (κ1) is 9.50. The fraction of sp³-hybridized carbons (Fsp3) is 0.429. The standard InChI is InChI=1S/C7H11N3O/c1-9-7(11)6(4-8)5-10(2)3/h5H,1-3H3,(H,9,11). The number of nitrogens with one attached hydrogen (secondary N) is 1. The Morgan fingerprint density at radius 3 is 2.45 bits per heavy atom. The molecule has 11 heavy (non-hydrogen) atoms. The van der Waals surface area contributed by atoms with E-state index in [1.54, 1.807) is 25.1 Å². The number of nitrogens with zero attached hydrogens (tertiary/aromatic N) is 2. The number of likely N-dealkylation sites (N-methyl/N-ethyl adjacent to an activating group) is 1. The average molecular weight is 153 g/mol. The van der Waals surface area contributed by atoms with Crippen LogP contribution in [0.5, 0.6) is 0 Å². The molecule has 1 amide bonds. The molecule has 0 bridgehead atoms. The molecule has 0 aliphatic heterocycles. The van der Waals surface area contributed by atoms with Gasteiger partial charge in [-0.15, -0.1) is 0 Å². The van der Waals surface area contributed by atoms with Crippen molar-refractivity contribution in [2.24, 2.45) is 0 Å². The molecular formula is C7H11N3O. The lowest BCUT2D eigenvalue weighted by molar-refractivity contribution is -0.116. The average Bonchev–Trinajstić information content (AvgIpc) is 1.98. The lowest BCUT2D eigenvalue weighted by Gasteiger charge is -2.04. The van der Waals surface area contributed by atoms with E-state index in [1.165, 1.54) is 13.2 Å². The molecular weight excluding hydrogens is 142 g/mol. The van der Waals surface area contributed by atoms with Crippen LogP contribution in [0.1, 0.15) is 0 Å². The summed E-state index contributed by atoms with van der Waals surface area (Å²) in [6, 6.07) is 1.79. The summed E-state index contributed by atoms with van der Waals surface area (Å²) in [6.45, 7) is 0. The van der Waals surface area contributed by atoms with Crippen molar-refractivity contribution < 1.29 is 4.79 Å². The second-order valence-electron chi connectivity index (χ2n) is 2.20. The lowest BCUT2D eigenvalue weighted by atomic mass is 10.3. The third-order valence-electron chi connectivity index (χ3n) is 0.979. The fourth-order valence-electron chi connectivity index (χ4n) is 0.531. The minimum absolute atomic E-state index is 0.109. The molecule has 0 radical (unpaired) electrons. The van der Waals surface area contributed by atoms with E-state index >= 15 is 0 Å². The Bertz CT molecular complexity index is 212. The van der Waals surface area contributed by atoms with Crippen LogP contribution in [0.3, 0.4) is 0 Å². The molecule has 0 aromatic carbocycles. The van der Waals surface area contributed by atoms with Crippen LogP contribution in [0.4, 0.5) is 0 Å². The van der Waals surface area contributed by atoms with Gasteiger partial charge in [0.1, 0.15) is 11.6 Å². The van der Waals surface area contributed by atoms with Crippen molar-refractivity contribution >= 4 is 5.91 Å². The number of hydrogen-bond donors (Lipinski definition) is 1. The smallest absolute Gasteiger partial charge is 0.263 e. The highest BCUT2D eigenvalue weighted by atomic mass is 16.1. The molecule has 0 aliphatic rings. The second kappa shape index (κ2) is 4.34. The maximum atomic E-state index is 10.8. The van der Waals surface area contributed by atoms with Crippen LogP contribution in [-0.4, -0.2) is 32.0 Å². The van der Waals surface area contributed by atoms with Crippen LogP contribution in [0, 0.1) is 11.3 Å². The SMILES string of the molecule is CNC(=O)C(C#N)=CN(C)C. The van der Waals surface area contributed by atoms with Crippen molar-refractivity contribution in [1.29, 1.82) is 5.26 Å². The molecule has 0 heterocycles. The van der Waals surface area contributed by atoms with Crippen molar-refractivity contribution in [3.8, 4) is 6.07 Å². The Kier molecular flexibility index (Phi) is 3.75. The van der Waals surface area contributed by atoms with Gasteiger partial charge in [0.25, 0.3) is 5.91 Å². The maximum Gasteiger partial charge on any atom is 0.263 e. The zero-order chi connectivity index (χ0) is 8.85. The quantitative estimate of drug-likeness (QED) is 0.438. The summed E-state index contributed by atoms with van der Waals surface area (Å²) < 4.78 is 0. The predicted molar refractivity (Wildman–Crippen MR) is 41.4 cm³/mol. The zero-order valence-electron chi connectivity index (χ0n) is 6.88. The first-order valence-electron chi connectivity index (χ1n) is 3.12. The largest absolute Gasteiger partial charge is 0.382 e. The van der Waals surface area contributed by atoms with Gasteiger partial charge < -0.3 is 10.2 Å². The molecule has 0 spiro atoms. The van der Waals surface area contributed by atoms with Gasteiger partial charge in [0.05, 0.1) is 0 Å². The summed E-state index contributed by atoms with van der Waals surface area (Å²) in [5, 5.41) is 10.8. The van der Waals surface area contributed by atoms with Gasteiger partial charge in [0, 0.05) is 27.3 Å². The van der Waals surface area contributed by atoms with Gasteiger partial charge in [-0.3, -0.25) is 4.79 Å². The van der Waals surface area contributed by atoms with E-state index in [-0.39, 0.29) is 11.5 Å². The Labute approximate surface area is 66.1 Å². The molecule has 4 nitrogen and oxygen atoms in total. The predicted octanol–water partition coefficient (Wildman–Crippen LogP) is -0.299. The third kappa shape index (κ3) is 3.26. The summed E-state index contributed by atoms with van der Waals surface area (Å²) >= 11 is 0. The van der Waals surface area contributed by atoms with Gasteiger partial charge in [0.15, 0.2) is 0 Å². The fourth-order valence-corrected chi connectivity index (χ4v) is 0.531. The molecule has 1 N–H and O–H groups in total. The van der Waals surface area contributed by atoms with Crippen molar-refractivity contribution in [2.75, 3.05) is 21.1 Å². The number of nitriles is 1. The highest BCUT2D eigenvalue weighted by Crippen LogP contribution is 1.92. The van der Waals surface area contributed by atoms with E-state index in [2.05, 4.69) is 5.32 Å². The van der Waals surface area contributed by atoms with Gasteiger partial charge in [-0.05, 0) is 0 Å². The minimum atomic E-state index is -0.360. The third-order valence-corrected chi connectivity index (χ3v) is 0.979. The molecule has 0 aliphatic carbocycles. The minimum Gasteiger partial charge on any atom is -0.382 e. The first-order valence-corrected chi connectivity index (χ1v) is 3.12. The van der Waals surface area contributed by atoms with Gasteiger partial charge in [-0.25, -0.2) is 0 Å². The Morgan fingerprint density at radius 2 is 2.18 bits per heavy atom. The molecule has 0 rings (SSSR count). The van der Waals surface area contributed by atoms with E-state index in [0.717, 1.165) is 0 Å². The van der Waals surface area contributed by atoms with Crippen LogP contribution >= 0.6 is 0 Å². The van der Waals surface area contributed by atoms with E-state index in [4.69, 9.17) is 5.26 Å². The van der Waals surface area contributed by atoms with Crippen LogP contribution in [0.25, 0.3) is 0 Å².